The Hall–Kier alpha value is -2.58. The highest BCUT2D eigenvalue weighted by atomic mass is 35.5. The number of carbonyl (C=O) groups is 2. The standard InChI is InChI=1S/C20H23ClN2O5S/c1-5-28-20(25)17-10-9-15(12-18(17)21)22-19(24)14(3)23(29(4,26)27)16-8-6-7-13(2)11-16/h6-12,14H,5H2,1-4H3,(H,22,24)/t14-/m1/s1. The number of sulfonamides is 1. The average molecular weight is 439 g/mol. The van der Waals surface area contributed by atoms with Crippen LogP contribution in [0.1, 0.15) is 29.8 Å². The van der Waals surface area contributed by atoms with Gasteiger partial charge in [0.15, 0.2) is 0 Å². The van der Waals surface area contributed by atoms with Crippen LogP contribution in [0.4, 0.5) is 11.4 Å². The summed E-state index contributed by atoms with van der Waals surface area (Å²) in [6.07, 6.45) is 1.05. The van der Waals surface area contributed by atoms with Crippen LogP contribution in [-0.2, 0) is 19.6 Å². The van der Waals surface area contributed by atoms with E-state index in [-0.39, 0.29) is 17.2 Å². The molecule has 2 rings (SSSR count). The molecule has 0 aliphatic heterocycles. The minimum atomic E-state index is -3.72. The lowest BCUT2D eigenvalue weighted by molar-refractivity contribution is -0.116. The van der Waals surface area contributed by atoms with Crippen molar-refractivity contribution in [1.82, 2.24) is 0 Å². The van der Waals surface area contributed by atoms with Gasteiger partial charge in [-0.3, -0.25) is 9.10 Å². The average Bonchev–Trinajstić information content (AvgIpc) is 2.60. The van der Waals surface area contributed by atoms with Gasteiger partial charge in [-0.1, -0.05) is 23.7 Å². The van der Waals surface area contributed by atoms with Crippen molar-refractivity contribution in [2.75, 3.05) is 22.5 Å². The summed E-state index contributed by atoms with van der Waals surface area (Å²) >= 11 is 6.11. The minimum absolute atomic E-state index is 0.118. The molecular formula is C20H23ClN2O5S. The van der Waals surface area contributed by atoms with Crippen LogP contribution in [0.3, 0.4) is 0 Å². The van der Waals surface area contributed by atoms with E-state index in [1.54, 1.807) is 25.1 Å². The number of hydrogen-bond donors (Lipinski definition) is 1. The van der Waals surface area contributed by atoms with Crippen molar-refractivity contribution in [2.45, 2.75) is 26.8 Å². The molecule has 1 atom stereocenters. The zero-order chi connectivity index (χ0) is 21.8. The molecule has 0 aliphatic carbocycles. The van der Waals surface area contributed by atoms with Crippen LogP contribution in [0.25, 0.3) is 0 Å². The summed E-state index contributed by atoms with van der Waals surface area (Å²) in [6.45, 7) is 5.23. The molecule has 0 aliphatic rings. The third-order valence-corrected chi connectivity index (χ3v) is 5.63. The second-order valence-corrected chi connectivity index (χ2v) is 8.74. The lowest BCUT2D eigenvalue weighted by Gasteiger charge is -2.28. The first-order valence-electron chi connectivity index (χ1n) is 8.88. The molecule has 2 aromatic rings. The molecule has 7 nitrogen and oxygen atoms in total. The van der Waals surface area contributed by atoms with Gasteiger partial charge in [0.05, 0.1) is 29.1 Å². The maximum Gasteiger partial charge on any atom is 0.339 e. The topological polar surface area (TPSA) is 92.8 Å². The van der Waals surface area contributed by atoms with Crippen LogP contribution in [0.5, 0.6) is 0 Å². The van der Waals surface area contributed by atoms with Crippen molar-refractivity contribution in [2.24, 2.45) is 0 Å². The fraction of sp³-hybridized carbons (Fsp3) is 0.300. The highest BCUT2D eigenvalue weighted by Crippen LogP contribution is 2.25. The summed E-state index contributed by atoms with van der Waals surface area (Å²) in [4.78, 5) is 24.6. The predicted molar refractivity (Wildman–Crippen MR) is 114 cm³/mol. The molecule has 0 radical (unpaired) electrons. The van der Waals surface area contributed by atoms with Crippen molar-refractivity contribution in [3.63, 3.8) is 0 Å². The van der Waals surface area contributed by atoms with Gasteiger partial charge in [0.25, 0.3) is 0 Å². The van der Waals surface area contributed by atoms with E-state index in [1.807, 2.05) is 13.0 Å². The number of halogens is 1. The van der Waals surface area contributed by atoms with E-state index in [4.69, 9.17) is 16.3 Å². The molecule has 0 fully saturated rings. The Labute approximate surface area is 175 Å². The molecule has 0 unspecified atom stereocenters. The Morgan fingerprint density at radius 3 is 2.45 bits per heavy atom. The molecular weight excluding hydrogens is 416 g/mol. The number of anilines is 2. The highest BCUT2D eigenvalue weighted by molar-refractivity contribution is 7.92. The van der Waals surface area contributed by atoms with Crippen LogP contribution in [-0.4, -0.2) is 39.2 Å². The zero-order valence-electron chi connectivity index (χ0n) is 16.6. The molecule has 0 saturated heterocycles. The van der Waals surface area contributed by atoms with Gasteiger partial charge in [0.1, 0.15) is 6.04 Å². The number of esters is 1. The molecule has 0 bridgehead atoms. The first-order valence-corrected chi connectivity index (χ1v) is 11.1. The number of aryl methyl sites for hydroxylation is 1. The van der Waals surface area contributed by atoms with E-state index < -0.39 is 27.9 Å². The number of rotatable bonds is 7. The Morgan fingerprint density at radius 1 is 1.21 bits per heavy atom. The van der Waals surface area contributed by atoms with Crippen LogP contribution in [0.2, 0.25) is 5.02 Å². The van der Waals surface area contributed by atoms with Gasteiger partial charge in [-0.05, 0) is 56.7 Å². The molecule has 29 heavy (non-hydrogen) atoms. The largest absolute Gasteiger partial charge is 0.462 e. The quantitative estimate of drug-likeness (QED) is 0.666. The van der Waals surface area contributed by atoms with Crippen LogP contribution >= 0.6 is 11.6 Å². The molecule has 0 heterocycles. The first kappa shape index (κ1) is 22.7. The molecule has 0 aromatic heterocycles. The van der Waals surface area contributed by atoms with Gasteiger partial charge in [-0.15, -0.1) is 0 Å². The second kappa shape index (κ2) is 9.28. The molecule has 2 aromatic carbocycles. The summed E-state index contributed by atoms with van der Waals surface area (Å²) in [5.41, 5.74) is 1.77. The van der Waals surface area contributed by atoms with Crippen molar-refractivity contribution < 1.29 is 22.7 Å². The van der Waals surface area contributed by atoms with Crippen LogP contribution < -0.4 is 9.62 Å². The van der Waals surface area contributed by atoms with Crippen molar-refractivity contribution in [3.8, 4) is 0 Å². The molecule has 0 spiro atoms. The van der Waals surface area contributed by atoms with E-state index in [0.29, 0.717) is 11.4 Å². The third kappa shape index (κ3) is 5.71. The molecule has 9 heteroatoms. The molecule has 1 N–H and O–H groups in total. The van der Waals surface area contributed by atoms with Crippen LogP contribution in [0, 0.1) is 6.92 Å². The lowest BCUT2D eigenvalue weighted by Crippen LogP contribution is -2.45. The fourth-order valence-corrected chi connectivity index (χ4v) is 4.21. The number of hydrogen-bond acceptors (Lipinski definition) is 5. The van der Waals surface area contributed by atoms with Crippen LogP contribution in [0.15, 0.2) is 42.5 Å². The van der Waals surface area contributed by atoms with Crippen molar-refractivity contribution in [1.29, 1.82) is 0 Å². The zero-order valence-corrected chi connectivity index (χ0v) is 18.2. The SMILES string of the molecule is CCOC(=O)c1ccc(NC(=O)[C@@H](C)N(c2cccc(C)c2)S(C)(=O)=O)cc1Cl. The van der Waals surface area contributed by atoms with Gasteiger partial charge < -0.3 is 10.1 Å². The van der Waals surface area contributed by atoms with Gasteiger partial charge in [0.2, 0.25) is 15.9 Å². The van der Waals surface area contributed by atoms with E-state index >= 15 is 0 Å². The Kier molecular flexibility index (Phi) is 7.26. The summed E-state index contributed by atoms with van der Waals surface area (Å²) in [5.74, 6) is -1.11. The maximum atomic E-state index is 12.7. The Morgan fingerprint density at radius 2 is 1.90 bits per heavy atom. The van der Waals surface area contributed by atoms with Gasteiger partial charge >= 0.3 is 5.97 Å². The smallest absolute Gasteiger partial charge is 0.339 e. The predicted octanol–water partition coefficient (Wildman–Crippen LogP) is 3.62. The molecule has 1 amide bonds. The Bertz CT molecular complexity index is 1020. The summed E-state index contributed by atoms with van der Waals surface area (Å²) < 4.78 is 30.7. The number of ether oxygens (including phenoxy) is 1. The monoisotopic (exact) mass is 438 g/mol. The van der Waals surface area contributed by atoms with E-state index in [1.165, 1.54) is 25.1 Å². The van der Waals surface area contributed by atoms with Crippen molar-refractivity contribution >= 4 is 44.9 Å². The summed E-state index contributed by atoms with van der Waals surface area (Å²) in [5, 5.41) is 2.75. The van der Waals surface area contributed by atoms with E-state index in [0.717, 1.165) is 16.1 Å². The van der Waals surface area contributed by atoms with Crippen molar-refractivity contribution in [3.05, 3.63) is 58.6 Å². The number of carbonyl (C=O) groups excluding carboxylic acids is 2. The highest BCUT2D eigenvalue weighted by Gasteiger charge is 2.29. The summed E-state index contributed by atoms with van der Waals surface area (Å²) in [7, 11) is -3.72. The van der Waals surface area contributed by atoms with Gasteiger partial charge in [-0.25, -0.2) is 13.2 Å². The number of amides is 1. The minimum Gasteiger partial charge on any atom is -0.462 e. The maximum absolute atomic E-state index is 12.7. The normalized spacial score (nSPS) is 12.2. The second-order valence-electron chi connectivity index (χ2n) is 6.48. The number of nitrogens with one attached hydrogen (secondary N) is 1. The fourth-order valence-electron chi connectivity index (χ4n) is 2.79. The van der Waals surface area contributed by atoms with E-state index in [2.05, 4.69) is 5.32 Å². The van der Waals surface area contributed by atoms with Gasteiger partial charge in [0, 0.05) is 5.69 Å². The molecule has 156 valence electrons. The third-order valence-electron chi connectivity index (χ3n) is 4.08. The number of benzene rings is 2. The van der Waals surface area contributed by atoms with E-state index in [9.17, 15) is 18.0 Å². The number of nitrogens with zero attached hydrogens (tertiary/aromatic N) is 1. The Balaban J connectivity index is 2.26. The first-order chi connectivity index (χ1) is 13.5. The molecule has 0 saturated carbocycles. The summed E-state index contributed by atoms with van der Waals surface area (Å²) in [6, 6.07) is 10.2. The lowest BCUT2D eigenvalue weighted by atomic mass is 10.2. The van der Waals surface area contributed by atoms with Gasteiger partial charge in [-0.2, -0.15) is 0 Å².